The lowest BCUT2D eigenvalue weighted by molar-refractivity contribution is -0.154. The van der Waals surface area contributed by atoms with Crippen LogP contribution in [0.15, 0.2) is 35.2 Å². The smallest absolute Gasteiger partial charge is 0.334 e. The van der Waals surface area contributed by atoms with Crippen molar-refractivity contribution in [1.29, 1.82) is 0 Å². The van der Waals surface area contributed by atoms with Crippen LogP contribution in [0, 0.1) is 5.92 Å². The van der Waals surface area contributed by atoms with E-state index in [4.69, 9.17) is 0 Å². The molecule has 0 amide bonds. The highest BCUT2D eigenvalue weighted by Gasteiger charge is 2.30. The fourth-order valence-corrected chi connectivity index (χ4v) is 4.11. The molecule has 1 atom stereocenters. The molecule has 0 aliphatic carbocycles. The number of sulfone groups is 1. The molecule has 1 aromatic carbocycles. The van der Waals surface area contributed by atoms with E-state index in [-0.39, 0.29) is 11.7 Å². The Morgan fingerprint density at radius 2 is 1.91 bits per heavy atom. The predicted octanol–water partition coefficient (Wildman–Crippen LogP) is 0.706. The number of aliphatic hydroxyl groups excluding tert-OH is 1. The maximum atomic E-state index is 12.2. The Morgan fingerprint density at radius 1 is 1.30 bits per heavy atom. The van der Waals surface area contributed by atoms with E-state index in [0.29, 0.717) is 37.4 Å². The van der Waals surface area contributed by atoms with Gasteiger partial charge >= 0.3 is 5.97 Å². The van der Waals surface area contributed by atoms with E-state index in [1.54, 1.807) is 30.3 Å². The second-order valence-electron chi connectivity index (χ2n) is 5.78. The molecule has 6 nitrogen and oxygen atoms in total. The van der Waals surface area contributed by atoms with Gasteiger partial charge in [-0.15, -0.1) is 0 Å². The van der Waals surface area contributed by atoms with Crippen LogP contribution in [0.1, 0.15) is 12.8 Å². The van der Waals surface area contributed by atoms with E-state index in [0.717, 1.165) is 0 Å². The van der Waals surface area contributed by atoms with Crippen molar-refractivity contribution in [2.24, 2.45) is 5.92 Å². The van der Waals surface area contributed by atoms with Crippen LogP contribution in [0.2, 0.25) is 0 Å². The highest BCUT2D eigenvalue weighted by Crippen LogP contribution is 2.22. The number of aliphatic hydroxyl groups is 1. The van der Waals surface area contributed by atoms with Crippen molar-refractivity contribution < 1.29 is 23.1 Å². The molecule has 128 valence electrons. The molecule has 1 aliphatic rings. The van der Waals surface area contributed by atoms with Crippen LogP contribution < -0.4 is 0 Å². The SMILES string of the molecule is COC(=O)[C@H](O)C1CCN(CCS(=O)(=O)c2ccccc2)CC1. The summed E-state index contributed by atoms with van der Waals surface area (Å²) in [7, 11) is -2.01. The van der Waals surface area contributed by atoms with E-state index in [1.165, 1.54) is 7.11 Å². The van der Waals surface area contributed by atoms with Crippen molar-refractivity contribution in [3.8, 4) is 0 Å². The standard InChI is InChI=1S/C16H23NO5S/c1-22-16(19)15(18)13-7-9-17(10-8-13)11-12-23(20,21)14-5-3-2-4-6-14/h2-6,13,15,18H,7-12H2,1H3/t15-/m1/s1. The molecule has 1 fully saturated rings. The van der Waals surface area contributed by atoms with Crippen LogP contribution in [0.3, 0.4) is 0 Å². The highest BCUT2D eigenvalue weighted by atomic mass is 32.2. The van der Waals surface area contributed by atoms with E-state index in [1.807, 2.05) is 0 Å². The number of likely N-dealkylation sites (tertiary alicyclic amines) is 1. The Bertz CT molecular complexity index is 609. The molecule has 1 saturated heterocycles. The van der Waals surface area contributed by atoms with Gasteiger partial charge in [0, 0.05) is 6.54 Å². The highest BCUT2D eigenvalue weighted by molar-refractivity contribution is 7.91. The third-order valence-electron chi connectivity index (χ3n) is 4.30. The zero-order valence-corrected chi connectivity index (χ0v) is 14.0. The molecule has 2 rings (SSSR count). The van der Waals surface area contributed by atoms with Gasteiger partial charge in [0.05, 0.1) is 17.8 Å². The van der Waals surface area contributed by atoms with Crippen LogP contribution in [-0.2, 0) is 19.4 Å². The third kappa shape index (κ3) is 4.76. The first-order valence-electron chi connectivity index (χ1n) is 7.70. The number of esters is 1. The Labute approximate surface area is 137 Å². The van der Waals surface area contributed by atoms with Crippen LogP contribution in [0.25, 0.3) is 0 Å². The third-order valence-corrected chi connectivity index (χ3v) is 6.01. The van der Waals surface area contributed by atoms with Gasteiger partial charge in [-0.05, 0) is 44.0 Å². The quantitative estimate of drug-likeness (QED) is 0.767. The van der Waals surface area contributed by atoms with Crippen LogP contribution >= 0.6 is 0 Å². The maximum absolute atomic E-state index is 12.2. The summed E-state index contributed by atoms with van der Waals surface area (Å²) in [6.45, 7) is 1.80. The van der Waals surface area contributed by atoms with Crippen LogP contribution in [-0.4, -0.2) is 63.0 Å². The second kappa shape index (κ2) is 7.90. The molecule has 0 aromatic heterocycles. The number of carbonyl (C=O) groups is 1. The first kappa shape index (κ1) is 17.9. The Balaban J connectivity index is 1.82. The fraction of sp³-hybridized carbons (Fsp3) is 0.562. The molecule has 1 heterocycles. The molecule has 0 unspecified atom stereocenters. The predicted molar refractivity (Wildman–Crippen MR) is 85.7 cm³/mol. The van der Waals surface area contributed by atoms with Crippen molar-refractivity contribution in [2.45, 2.75) is 23.8 Å². The minimum absolute atomic E-state index is 0.0707. The molecular formula is C16H23NO5S. The van der Waals surface area contributed by atoms with Gasteiger partial charge < -0.3 is 14.7 Å². The van der Waals surface area contributed by atoms with Gasteiger partial charge in [0.25, 0.3) is 0 Å². The first-order valence-corrected chi connectivity index (χ1v) is 9.35. The monoisotopic (exact) mass is 341 g/mol. The number of hydrogen-bond acceptors (Lipinski definition) is 6. The summed E-state index contributed by atoms with van der Waals surface area (Å²) in [4.78, 5) is 13.7. The number of carbonyl (C=O) groups excluding carboxylic acids is 1. The minimum Gasteiger partial charge on any atom is -0.467 e. The molecule has 0 spiro atoms. The number of piperidine rings is 1. The first-order chi connectivity index (χ1) is 10.9. The van der Waals surface area contributed by atoms with E-state index < -0.39 is 21.9 Å². The van der Waals surface area contributed by atoms with Crippen molar-refractivity contribution in [1.82, 2.24) is 4.90 Å². The van der Waals surface area contributed by atoms with Gasteiger partial charge in [0.2, 0.25) is 0 Å². The van der Waals surface area contributed by atoms with E-state index in [2.05, 4.69) is 9.64 Å². The number of benzene rings is 1. The lowest BCUT2D eigenvalue weighted by Gasteiger charge is -2.33. The lowest BCUT2D eigenvalue weighted by Crippen LogP contribution is -2.42. The largest absolute Gasteiger partial charge is 0.467 e. The average Bonchev–Trinajstić information content (AvgIpc) is 2.60. The summed E-state index contributed by atoms with van der Waals surface area (Å²) >= 11 is 0. The Morgan fingerprint density at radius 3 is 2.48 bits per heavy atom. The molecule has 1 N–H and O–H groups in total. The summed E-state index contributed by atoms with van der Waals surface area (Å²) in [5.74, 6) is -0.652. The van der Waals surface area contributed by atoms with Gasteiger partial charge in [-0.25, -0.2) is 13.2 Å². The van der Waals surface area contributed by atoms with Crippen molar-refractivity contribution in [3.63, 3.8) is 0 Å². The van der Waals surface area contributed by atoms with Gasteiger partial charge in [0.15, 0.2) is 15.9 Å². The van der Waals surface area contributed by atoms with Crippen LogP contribution in [0.5, 0.6) is 0 Å². The van der Waals surface area contributed by atoms with Gasteiger partial charge in [-0.3, -0.25) is 0 Å². The Kier molecular flexibility index (Phi) is 6.15. The van der Waals surface area contributed by atoms with Crippen molar-refractivity contribution in [3.05, 3.63) is 30.3 Å². The number of methoxy groups -OCH3 is 1. The number of hydrogen-bond donors (Lipinski definition) is 1. The summed E-state index contributed by atoms with van der Waals surface area (Å²) in [5.41, 5.74) is 0. The molecule has 23 heavy (non-hydrogen) atoms. The van der Waals surface area contributed by atoms with E-state index >= 15 is 0 Å². The summed E-state index contributed by atoms with van der Waals surface area (Å²) in [6, 6.07) is 8.43. The van der Waals surface area contributed by atoms with Gasteiger partial charge in [-0.2, -0.15) is 0 Å². The number of nitrogens with zero attached hydrogens (tertiary/aromatic N) is 1. The van der Waals surface area contributed by atoms with Crippen LogP contribution in [0.4, 0.5) is 0 Å². The molecule has 0 radical (unpaired) electrons. The number of ether oxygens (including phenoxy) is 1. The number of rotatable bonds is 6. The van der Waals surface area contributed by atoms with Crippen molar-refractivity contribution in [2.75, 3.05) is 32.5 Å². The fourth-order valence-electron chi connectivity index (χ4n) is 2.80. The van der Waals surface area contributed by atoms with Gasteiger partial charge in [-0.1, -0.05) is 18.2 Å². The molecule has 1 aliphatic heterocycles. The summed E-state index contributed by atoms with van der Waals surface area (Å²) in [6.07, 6.45) is 0.221. The van der Waals surface area contributed by atoms with Gasteiger partial charge in [0.1, 0.15) is 0 Å². The molecule has 0 saturated carbocycles. The summed E-state index contributed by atoms with van der Waals surface area (Å²) in [5, 5.41) is 9.85. The van der Waals surface area contributed by atoms with E-state index in [9.17, 15) is 18.3 Å². The topological polar surface area (TPSA) is 83.9 Å². The normalized spacial score (nSPS) is 18.5. The molecular weight excluding hydrogens is 318 g/mol. The zero-order chi connectivity index (χ0) is 16.9. The second-order valence-corrected chi connectivity index (χ2v) is 7.89. The Hall–Kier alpha value is -1.44. The lowest BCUT2D eigenvalue weighted by atomic mass is 9.91. The molecule has 7 heteroatoms. The molecule has 1 aromatic rings. The minimum atomic E-state index is -3.27. The summed E-state index contributed by atoms with van der Waals surface area (Å²) < 4.78 is 29.0. The molecule has 0 bridgehead atoms. The maximum Gasteiger partial charge on any atom is 0.334 e. The van der Waals surface area contributed by atoms with Crippen molar-refractivity contribution >= 4 is 15.8 Å². The zero-order valence-electron chi connectivity index (χ0n) is 13.2. The average molecular weight is 341 g/mol.